The third-order valence-corrected chi connectivity index (χ3v) is 3.62. The average molecular weight is 285 g/mol. The second-order valence-electron chi connectivity index (χ2n) is 5.00. The molecule has 5 nitrogen and oxygen atoms in total. The predicted octanol–water partition coefficient (Wildman–Crippen LogP) is 1.82. The molecule has 1 aliphatic heterocycles. The first kappa shape index (κ1) is 13.8. The van der Waals surface area contributed by atoms with Crippen LogP contribution in [0.2, 0.25) is 0 Å². The predicted molar refractivity (Wildman–Crippen MR) is 82.8 cm³/mol. The molecule has 2 aromatic rings. The molecule has 3 rings (SSSR count). The van der Waals surface area contributed by atoms with Crippen molar-refractivity contribution in [1.29, 1.82) is 0 Å². The van der Waals surface area contributed by atoms with E-state index in [-0.39, 0.29) is 5.91 Å². The molecular formula is C16H19N3O2. The van der Waals surface area contributed by atoms with Gasteiger partial charge in [-0.05, 0) is 19.1 Å². The molecule has 2 heterocycles. The Morgan fingerprint density at radius 3 is 2.86 bits per heavy atom. The molecule has 0 aliphatic carbocycles. The molecule has 1 aromatic heterocycles. The van der Waals surface area contributed by atoms with Crippen LogP contribution in [0.25, 0.3) is 10.9 Å². The molecule has 0 spiro atoms. The van der Waals surface area contributed by atoms with Crippen LogP contribution in [0.3, 0.4) is 0 Å². The number of rotatable bonds is 3. The molecule has 1 saturated heterocycles. The number of carbonyl (C=O) groups is 1. The number of para-hydroxylation sites is 1. The molecule has 0 unspecified atom stereocenters. The fraction of sp³-hybridized carbons (Fsp3) is 0.375. The van der Waals surface area contributed by atoms with Crippen molar-refractivity contribution >= 4 is 22.6 Å². The molecule has 110 valence electrons. The maximum absolute atomic E-state index is 12.3. The fourth-order valence-electron chi connectivity index (χ4n) is 2.56. The third-order valence-electron chi connectivity index (χ3n) is 3.62. The Morgan fingerprint density at radius 2 is 2.10 bits per heavy atom. The van der Waals surface area contributed by atoms with E-state index in [0.29, 0.717) is 25.3 Å². The Hall–Kier alpha value is -2.14. The Bertz CT molecular complexity index is 651. The Kier molecular flexibility index (Phi) is 4.01. The molecule has 0 saturated carbocycles. The quantitative estimate of drug-likeness (QED) is 0.934. The van der Waals surface area contributed by atoms with Gasteiger partial charge in [-0.1, -0.05) is 18.2 Å². The Morgan fingerprint density at radius 1 is 1.33 bits per heavy atom. The van der Waals surface area contributed by atoms with Crippen LogP contribution in [0, 0.1) is 0 Å². The molecule has 0 radical (unpaired) electrons. The molecular weight excluding hydrogens is 266 g/mol. The molecule has 21 heavy (non-hydrogen) atoms. The zero-order valence-electron chi connectivity index (χ0n) is 12.1. The molecule has 1 aliphatic rings. The van der Waals surface area contributed by atoms with E-state index in [2.05, 4.69) is 10.2 Å². The lowest BCUT2D eigenvalue weighted by Crippen LogP contribution is -2.37. The monoisotopic (exact) mass is 285 g/mol. The summed E-state index contributed by atoms with van der Waals surface area (Å²) in [4.78, 5) is 19.2. The number of nitrogens with one attached hydrogen (secondary N) is 1. The highest BCUT2D eigenvalue weighted by Gasteiger charge is 2.17. The number of benzene rings is 1. The molecule has 1 aromatic carbocycles. The van der Waals surface area contributed by atoms with Gasteiger partial charge >= 0.3 is 0 Å². The smallest absolute Gasteiger partial charge is 0.252 e. The van der Waals surface area contributed by atoms with Gasteiger partial charge in [0, 0.05) is 25.0 Å². The van der Waals surface area contributed by atoms with Crippen LogP contribution >= 0.6 is 0 Å². The zero-order chi connectivity index (χ0) is 14.7. The summed E-state index contributed by atoms with van der Waals surface area (Å²) in [5, 5.41) is 3.76. The highest BCUT2D eigenvalue weighted by atomic mass is 16.5. The minimum Gasteiger partial charge on any atom is -0.378 e. The van der Waals surface area contributed by atoms with Gasteiger partial charge < -0.3 is 15.0 Å². The van der Waals surface area contributed by atoms with Crippen molar-refractivity contribution < 1.29 is 9.53 Å². The standard InChI is InChI=1S/C16H19N3O2/c1-2-17-16(20)13-11-15(19-7-9-21-10-8-19)18-14-6-4-3-5-12(13)14/h3-6,11H,2,7-10H2,1H3,(H,17,20). The molecule has 1 amide bonds. The van der Waals surface area contributed by atoms with Crippen molar-refractivity contribution in [2.24, 2.45) is 0 Å². The third kappa shape index (κ3) is 2.83. The van der Waals surface area contributed by atoms with E-state index in [1.807, 2.05) is 37.3 Å². The lowest BCUT2D eigenvalue weighted by atomic mass is 10.1. The van der Waals surface area contributed by atoms with Crippen molar-refractivity contribution in [1.82, 2.24) is 10.3 Å². The highest BCUT2D eigenvalue weighted by Crippen LogP contribution is 2.23. The number of morpholine rings is 1. The minimum absolute atomic E-state index is 0.0504. The summed E-state index contributed by atoms with van der Waals surface area (Å²) in [6.45, 7) is 5.54. The van der Waals surface area contributed by atoms with Crippen LogP contribution < -0.4 is 10.2 Å². The second kappa shape index (κ2) is 6.10. The number of anilines is 1. The van der Waals surface area contributed by atoms with Crippen molar-refractivity contribution in [2.75, 3.05) is 37.7 Å². The molecule has 1 N–H and O–H groups in total. The number of amides is 1. The number of hydrogen-bond acceptors (Lipinski definition) is 4. The van der Waals surface area contributed by atoms with Gasteiger partial charge in [-0.25, -0.2) is 4.98 Å². The second-order valence-corrected chi connectivity index (χ2v) is 5.00. The van der Waals surface area contributed by atoms with Gasteiger partial charge in [0.15, 0.2) is 0 Å². The van der Waals surface area contributed by atoms with Gasteiger partial charge in [0.25, 0.3) is 5.91 Å². The van der Waals surface area contributed by atoms with E-state index < -0.39 is 0 Å². The fourth-order valence-corrected chi connectivity index (χ4v) is 2.56. The lowest BCUT2D eigenvalue weighted by Gasteiger charge is -2.28. The summed E-state index contributed by atoms with van der Waals surface area (Å²) < 4.78 is 5.38. The Labute approximate surface area is 123 Å². The van der Waals surface area contributed by atoms with Crippen molar-refractivity contribution in [3.05, 3.63) is 35.9 Å². The van der Waals surface area contributed by atoms with Gasteiger partial charge in [-0.3, -0.25) is 4.79 Å². The number of pyridine rings is 1. The maximum atomic E-state index is 12.3. The molecule has 5 heteroatoms. The van der Waals surface area contributed by atoms with Gasteiger partial charge in [-0.15, -0.1) is 0 Å². The summed E-state index contributed by atoms with van der Waals surface area (Å²) in [6.07, 6.45) is 0. The normalized spacial score (nSPS) is 15.2. The van der Waals surface area contributed by atoms with E-state index in [1.54, 1.807) is 0 Å². The SMILES string of the molecule is CCNC(=O)c1cc(N2CCOCC2)nc2ccccc12. The molecule has 0 bridgehead atoms. The van der Waals surface area contributed by atoms with Gasteiger partial charge in [0.1, 0.15) is 5.82 Å². The zero-order valence-corrected chi connectivity index (χ0v) is 12.1. The number of nitrogens with zero attached hydrogens (tertiary/aromatic N) is 2. The van der Waals surface area contributed by atoms with Crippen LogP contribution in [0.4, 0.5) is 5.82 Å². The summed E-state index contributed by atoms with van der Waals surface area (Å²) >= 11 is 0. The van der Waals surface area contributed by atoms with Crippen molar-refractivity contribution in [3.63, 3.8) is 0 Å². The largest absolute Gasteiger partial charge is 0.378 e. The van der Waals surface area contributed by atoms with Gasteiger partial charge in [0.2, 0.25) is 0 Å². The topological polar surface area (TPSA) is 54.5 Å². The van der Waals surface area contributed by atoms with E-state index in [0.717, 1.165) is 29.8 Å². The first-order valence-corrected chi connectivity index (χ1v) is 7.30. The van der Waals surface area contributed by atoms with Gasteiger partial charge in [0.05, 0.1) is 24.3 Å². The first-order chi connectivity index (χ1) is 10.3. The highest BCUT2D eigenvalue weighted by molar-refractivity contribution is 6.07. The summed E-state index contributed by atoms with van der Waals surface area (Å²) in [5.74, 6) is 0.795. The first-order valence-electron chi connectivity index (χ1n) is 7.30. The number of aromatic nitrogens is 1. The lowest BCUT2D eigenvalue weighted by molar-refractivity contribution is 0.0957. The van der Waals surface area contributed by atoms with E-state index in [9.17, 15) is 4.79 Å². The summed E-state index contributed by atoms with van der Waals surface area (Å²) in [7, 11) is 0. The van der Waals surface area contributed by atoms with E-state index in [4.69, 9.17) is 9.72 Å². The van der Waals surface area contributed by atoms with Crippen molar-refractivity contribution in [2.45, 2.75) is 6.92 Å². The van der Waals surface area contributed by atoms with Crippen LogP contribution in [-0.2, 0) is 4.74 Å². The number of fused-ring (bicyclic) bond motifs is 1. The van der Waals surface area contributed by atoms with E-state index >= 15 is 0 Å². The molecule has 0 atom stereocenters. The summed E-state index contributed by atoms with van der Waals surface area (Å²) in [5.41, 5.74) is 1.53. The molecule has 1 fully saturated rings. The maximum Gasteiger partial charge on any atom is 0.252 e. The van der Waals surface area contributed by atoms with Crippen LogP contribution in [-0.4, -0.2) is 43.7 Å². The van der Waals surface area contributed by atoms with Crippen LogP contribution in [0.1, 0.15) is 17.3 Å². The van der Waals surface area contributed by atoms with Crippen LogP contribution in [0.5, 0.6) is 0 Å². The Balaban J connectivity index is 2.07. The number of carbonyl (C=O) groups excluding carboxylic acids is 1. The number of ether oxygens (including phenoxy) is 1. The van der Waals surface area contributed by atoms with Crippen molar-refractivity contribution in [3.8, 4) is 0 Å². The summed E-state index contributed by atoms with van der Waals surface area (Å²) in [6, 6.07) is 9.65. The van der Waals surface area contributed by atoms with E-state index in [1.165, 1.54) is 0 Å². The average Bonchev–Trinajstić information content (AvgIpc) is 2.55. The minimum atomic E-state index is -0.0504. The van der Waals surface area contributed by atoms with Gasteiger partial charge in [-0.2, -0.15) is 0 Å². The van der Waals surface area contributed by atoms with Crippen LogP contribution in [0.15, 0.2) is 30.3 Å². The number of hydrogen-bond donors (Lipinski definition) is 1.